The molecule has 3 aromatic carbocycles. The number of hydrogen-bond acceptors (Lipinski definition) is 8. The van der Waals surface area contributed by atoms with Gasteiger partial charge in [0.1, 0.15) is 17.4 Å². The van der Waals surface area contributed by atoms with Gasteiger partial charge in [0.25, 0.3) is 6.47 Å². The fourth-order valence-electron chi connectivity index (χ4n) is 4.62. The van der Waals surface area contributed by atoms with Crippen LogP contribution in [0.5, 0.6) is 5.75 Å². The van der Waals surface area contributed by atoms with E-state index in [-0.39, 0.29) is 17.9 Å². The first-order chi connectivity index (χ1) is 23.9. The van der Waals surface area contributed by atoms with Crippen molar-refractivity contribution in [1.29, 1.82) is 5.26 Å². The van der Waals surface area contributed by atoms with Crippen LogP contribution in [0.25, 0.3) is 41.3 Å². The molecule has 0 aliphatic heterocycles. The number of thiophene rings is 2. The van der Waals surface area contributed by atoms with E-state index in [1.54, 1.807) is 19.2 Å². The number of nitrogens with zero attached hydrogens (tertiary/aromatic N) is 3. The van der Waals surface area contributed by atoms with E-state index >= 15 is 0 Å². The highest BCUT2D eigenvalue weighted by Crippen LogP contribution is 2.36. The number of carbonyl (C=O) groups is 2. The maximum absolute atomic E-state index is 11.1. The molecule has 1 N–H and O–H groups in total. The second kappa shape index (κ2) is 16.4. The predicted octanol–water partition coefficient (Wildman–Crippen LogP) is 10.0. The minimum atomic E-state index is -1.25. The van der Waals surface area contributed by atoms with Crippen LogP contribution in [0.4, 0.5) is 17.1 Å². The Bertz CT molecular complexity index is 2140. The van der Waals surface area contributed by atoms with Crippen molar-refractivity contribution < 1.29 is 24.2 Å². The van der Waals surface area contributed by atoms with Gasteiger partial charge in [-0.2, -0.15) is 10.1 Å². The Morgan fingerprint density at radius 1 is 0.755 bits per heavy atom. The first-order valence-corrected chi connectivity index (χ1v) is 16.3. The van der Waals surface area contributed by atoms with Crippen LogP contribution in [0, 0.1) is 17.9 Å². The van der Waals surface area contributed by atoms with Crippen LogP contribution >= 0.6 is 22.7 Å². The third-order valence-electron chi connectivity index (χ3n) is 6.99. The number of carboxylic acid groups (broad SMARTS) is 1. The standard InChI is InChI=1S/C39H27N3O5S2/c1-41-38(47-26-43)24-37-22-20-35(49-37)18-8-28-5-11-31(12-6-28)42(32-13-15-33(46-2)16-14-32)30-9-3-27(4-10-30)7-17-34-19-21-36(48-34)23-29(25-40)39(44)45/h3-24,26H,2H3,(H,44,45)/b17-7+,18-8+,29-23+,38-24+. The Hall–Kier alpha value is -6.46. The zero-order valence-electron chi connectivity index (χ0n) is 26.0. The summed E-state index contributed by atoms with van der Waals surface area (Å²) in [6, 6.07) is 33.4. The molecule has 10 heteroatoms. The molecule has 2 heterocycles. The summed E-state index contributed by atoms with van der Waals surface area (Å²) < 4.78 is 10.1. The van der Waals surface area contributed by atoms with E-state index in [0.717, 1.165) is 48.6 Å². The fourth-order valence-corrected chi connectivity index (χ4v) is 6.32. The van der Waals surface area contributed by atoms with E-state index in [1.165, 1.54) is 34.8 Å². The van der Waals surface area contributed by atoms with Crippen LogP contribution in [0.1, 0.15) is 30.6 Å². The van der Waals surface area contributed by atoms with Crippen LogP contribution < -0.4 is 9.64 Å². The number of ether oxygens (including phenoxy) is 2. The van der Waals surface area contributed by atoms with Gasteiger partial charge in [-0.3, -0.25) is 4.79 Å². The molecule has 240 valence electrons. The average molecular weight is 682 g/mol. The number of benzene rings is 3. The predicted molar refractivity (Wildman–Crippen MR) is 197 cm³/mol. The van der Waals surface area contributed by atoms with Crippen LogP contribution in [0.15, 0.2) is 109 Å². The van der Waals surface area contributed by atoms with Gasteiger partial charge in [0.2, 0.25) is 0 Å². The number of nitriles is 1. The molecule has 5 rings (SSSR count). The molecule has 0 unspecified atom stereocenters. The van der Waals surface area contributed by atoms with Crippen molar-refractivity contribution in [3.63, 3.8) is 0 Å². The maximum Gasteiger partial charge on any atom is 0.349 e. The number of hydrogen-bond donors (Lipinski definition) is 1. The first kappa shape index (κ1) is 33.9. The average Bonchev–Trinajstić information content (AvgIpc) is 3.79. The summed E-state index contributed by atoms with van der Waals surface area (Å²) in [4.78, 5) is 30.5. The molecule has 5 aromatic rings. The third-order valence-corrected chi connectivity index (χ3v) is 8.99. The number of rotatable bonds is 13. The highest BCUT2D eigenvalue weighted by atomic mass is 32.1. The zero-order chi connectivity index (χ0) is 34.6. The van der Waals surface area contributed by atoms with E-state index in [0.29, 0.717) is 4.88 Å². The highest BCUT2D eigenvalue weighted by molar-refractivity contribution is 7.14. The Balaban J connectivity index is 1.35. The summed E-state index contributed by atoms with van der Waals surface area (Å²) in [5, 5.41) is 18.1. The molecular formula is C39H27N3O5S2. The lowest BCUT2D eigenvalue weighted by molar-refractivity contribution is -0.132. The smallest absolute Gasteiger partial charge is 0.349 e. The van der Waals surface area contributed by atoms with Gasteiger partial charge >= 0.3 is 11.9 Å². The Morgan fingerprint density at radius 2 is 1.22 bits per heavy atom. The second-order valence-corrected chi connectivity index (χ2v) is 12.4. The maximum atomic E-state index is 11.1. The lowest BCUT2D eigenvalue weighted by Crippen LogP contribution is -2.09. The van der Waals surface area contributed by atoms with Crippen LogP contribution in [-0.2, 0) is 14.3 Å². The quantitative estimate of drug-likeness (QED) is 0.0434. The van der Waals surface area contributed by atoms with Crippen molar-refractivity contribution in [2.75, 3.05) is 12.0 Å². The molecule has 49 heavy (non-hydrogen) atoms. The molecule has 0 saturated heterocycles. The van der Waals surface area contributed by atoms with Crippen LogP contribution in [-0.4, -0.2) is 24.7 Å². The van der Waals surface area contributed by atoms with Crippen molar-refractivity contribution in [1.82, 2.24) is 0 Å². The van der Waals surface area contributed by atoms with E-state index in [2.05, 4.69) is 38.7 Å². The number of carbonyl (C=O) groups excluding carboxylic acids is 1. The topological polar surface area (TPSA) is 104 Å². The summed E-state index contributed by atoms with van der Waals surface area (Å²) >= 11 is 2.88. The summed E-state index contributed by atoms with van der Waals surface area (Å²) in [7, 11) is 1.64. The summed E-state index contributed by atoms with van der Waals surface area (Å²) in [6.07, 6.45) is 10.9. The van der Waals surface area contributed by atoms with E-state index in [9.17, 15) is 9.59 Å². The highest BCUT2D eigenvalue weighted by Gasteiger charge is 2.13. The van der Waals surface area contributed by atoms with Crippen LogP contribution in [0.2, 0.25) is 0 Å². The van der Waals surface area contributed by atoms with Gasteiger partial charge in [-0.05, 0) is 102 Å². The molecule has 0 amide bonds. The lowest BCUT2D eigenvalue weighted by Gasteiger charge is -2.26. The van der Waals surface area contributed by atoms with Crippen LogP contribution in [0.3, 0.4) is 0 Å². The van der Waals surface area contributed by atoms with E-state index in [4.69, 9.17) is 21.7 Å². The fraction of sp³-hybridized carbons (Fsp3) is 0.0256. The minimum Gasteiger partial charge on any atom is -0.497 e. The third kappa shape index (κ3) is 9.09. The molecule has 0 saturated carbocycles. The number of methoxy groups -OCH3 is 1. The number of carboxylic acids is 1. The van der Waals surface area contributed by atoms with Gasteiger partial charge in [0, 0.05) is 42.6 Å². The van der Waals surface area contributed by atoms with Crippen molar-refractivity contribution in [2.45, 2.75) is 0 Å². The SMILES string of the molecule is [C-]#[N+]/C(=C\c1ccc(/C=C/c2ccc(N(c3ccc(/C=C/c4ccc(/C=C(\C#N)C(=O)O)s4)cc3)c3ccc(OC)cc3)cc2)s1)OC=O. The van der Waals surface area contributed by atoms with Gasteiger partial charge in [0.15, 0.2) is 0 Å². The number of aliphatic carboxylic acids is 1. The van der Waals surface area contributed by atoms with E-state index in [1.807, 2.05) is 91.0 Å². The monoisotopic (exact) mass is 681 g/mol. The molecule has 2 aromatic heterocycles. The molecule has 0 aliphatic rings. The molecule has 0 bridgehead atoms. The summed E-state index contributed by atoms with van der Waals surface area (Å²) in [5.74, 6) is -0.560. The molecule has 0 radical (unpaired) electrons. The van der Waals surface area contributed by atoms with Crippen molar-refractivity contribution in [3.8, 4) is 11.8 Å². The van der Waals surface area contributed by atoms with Gasteiger partial charge < -0.3 is 19.5 Å². The molecule has 8 nitrogen and oxygen atoms in total. The zero-order valence-corrected chi connectivity index (χ0v) is 27.7. The normalized spacial score (nSPS) is 11.7. The molecular weight excluding hydrogens is 655 g/mol. The van der Waals surface area contributed by atoms with Crippen molar-refractivity contribution in [2.24, 2.45) is 0 Å². The summed E-state index contributed by atoms with van der Waals surface area (Å²) in [6.45, 7) is 7.35. The molecule has 0 fully saturated rings. The Kier molecular flexibility index (Phi) is 11.3. The van der Waals surface area contributed by atoms with Gasteiger partial charge in [-0.1, -0.05) is 36.4 Å². The number of anilines is 3. The van der Waals surface area contributed by atoms with E-state index < -0.39 is 5.97 Å². The second-order valence-electron chi connectivity index (χ2n) is 10.1. The van der Waals surface area contributed by atoms with Gasteiger partial charge in [-0.25, -0.2) is 4.79 Å². The lowest BCUT2D eigenvalue weighted by atomic mass is 10.1. The molecule has 0 spiro atoms. The van der Waals surface area contributed by atoms with Crippen molar-refractivity contribution >= 4 is 88.6 Å². The first-order valence-electron chi connectivity index (χ1n) is 14.6. The summed E-state index contributed by atoms with van der Waals surface area (Å²) in [5.41, 5.74) is 4.58. The molecule has 0 atom stereocenters. The Morgan fingerprint density at radius 3 is 1.65 bits per heavy atom. The molecule has 0 aliphatic carbocycles. The Labute approximate surface area is 291 Å². The minimum absolute atomic E-state index is 0.0758. The van der Waals surface area contributed by atoms with Gasteiger partial charge in [-0.15, -0.1) is 22.7 Å². The largest absolute Gasteiger partial charge is 0.497 e. The van der Waals surface area contributed by atoms with Gasteiger partial charge in [0.05, 0.1) is 13.7 Å². The van der Waals surface area contributed by atoms with Crippen molar-refractivity contribution in [3.05, 3.63) is 151 Å².